The summed E-state index contributed by atoms with van der Waals surface area (Å²) in [6.45, 7) is 7.12. The van der Waals surface area contributed by atoms with Crippen LogP contribution in [0.5, 0.6) is 0 Å². The van der Waals surface area contributed by atoms with Gasteiger partial charge in [0, 0.05) is 18.3 Å². The van der Waals surface area contributed by atoms with Crippen LogP contribution in [0.15, 0.2) is 24.3 Å². The summed E-state index contributed by atoms with van der Waals surface area (Å²) in [7, 11) is 0. The van der Waals surface area contributed by atoms with Crippen molar-refractivity contribution in [3.05, 3.63) is 29.8 Å². The Hall–Kier alpha value is -1.55. The van der Waals surface area contributed by atoms with Gasteiger partial charge in [-0.1, -0.05) is 12.1 Å². The highest BCUT2D eigenvalue weighted by Crippen LogP contribution is 2.18. The molecule has 0 saturated carbocycles. The van der Waals surface area contributed by atoms with E-state index < -0.39 is 0 Å². The molecule has 1 fully saturated rings. The van der Waals surface area contributed by atoms with E-state index in [0.717, 1.165) is 18.7 Å². The van der Waals surface area contributed by atoms with Gasteiger partial charge in [-0.2, -0.15) is 0 Å². The van der Waals surface area contributed by atoms with Crippen LogP contribution in [-0.2, 0) is 4.79 Å². The Morgan fingerprint density at radius 1 is 1.35 bits per heavy atom. The van der Waals surface area contributed by atoms with Crippen molar-refractivity contribution in [2.24, 2.45) is 0 Å². The van der Waals surface area contributed by atoms with Crippen molar-refractivity contribution >= 4 is 11.6 Å². The van der Waals surface area contributed by atoms with E-state index in [1.54, 1.807) is 0 Å². The van der Waals surface area contributed by atoms with Crippen molar-refractivity contribution in [1.82, 2.24) is 10.2 Å². The first-order valence-electron chi connectivity index (χ1n) is 7.45. The zero-order valence-electron chi connectivity index (χ0n) is 12.4. The predicted molar refractivity (Wildman–Crippen MR) is 82.5 cm³/mol. The first-order chi connectivity index (χ1) is 9.58. The minimum Gasteiger partial charge on any atom is -0.399 e. The van der Waals surface area contributed by atoms with Crippen LogP contribution in [-0.4, -0.2) is 36.5 Å². The normalized spacial score (nSPS) is 18.7. The van der Waals surface area contributed by atoms with Crippen LogP contribution in [0.25, 0.3) is 0 Å². The molecule has 4 nitrogen and oxygen atoms in total. The third-order valence-electron chi connectivity index (χ3n) is 4.14. The van der Waals surface area contributed by atoms with Crippen molar-refractivity contribution in [2.45, 2.75) is 38.6 Å². The molecule has 1 aromatic carbocycles. The molecule has 0 aliphatic carbocycles. The molecule has 1 amide bonds. The highest BCUT2D eigenvalue weighted by atomic mass is 16.1. The molecule has 4 heteroatoms. The summed E-state index contributed by atoms with van der Waals surface area (Å²) in [5.74, 6) is -0.0917. The van der Waals surface area contributed by atoms with E-state index in [0.29, 0.717) is 18.3 Å². The monoisotopic (exact) mass is 275 g/mol. The number of likely N-dealkylation sites (tertiary alicyclic amines) is 1. The number of nitrogens with one attached hydrogen (secondary N) is 1. The van der Waals surface area contributed by atoms with E-state index in [-0.39, 0.29) is 11.8 Å². The average molecular weight is 275 g/mol. The Kier molecular flexibility index (Phi) is 5.01. The number of nitrogen functional groups attached to an aromatic ring is 1. The summed E-state index contributed by atoms with van der Waals surface area (Å²) in [4.78, 5) is 14.6. The molecule has 0 radical (unpaired) electrons. The van der Waals surface area contributed by atoms with E-state index in [2.05, 4.69) is 17.1 Å². The Labute approximate surface area is 121 Å². The lowest BCUT2D eigenvalue weighted by Crippen LogP contribution is -2.41. The van der Waals surface area contributed by atoms with Gasteiger partial charge < -0.3 is 11.1 Å². The Balaban J connectivity index is 1.84. The molecular weight excluding hydrogens is 250 g/mol. The van der Waals surface area contributed by atoms with Gasteiger partial charge >= 0.3 is 0 Å². The third kappa shape index (κ3) is 3.73. The van der Waals surface area contributed by atoms with Crippen molar-refractivity contribution < 1.29 is 4.79 Å². The smallest absolute Gasteiger partial charge is 0.227 e. The Morgan fingerprint density at radius 3 is 2.70 bits per heavy atom. The third-order valence-corrected chi connectivity index (χ3v) is 4.14. The quantitative estimate of drug-likeness (QED) is 0.808. The summed E-state index contributed by atoms with van der Waals surface area (Å²) in [5.41, 5.74) is 7.43. The molecule has 1 aliphatic heterocycles. The van der Waals surface area contributed by atoms with Crippen molar-refractivity contribution in [3.8, 4) is 0 Å². The van der Waals surface area contributed by atoms with Crippen LogP contribution in [0, 0.1) is 0 Å². The van der Waals surface area contributed by atoms with Gasteiger partial charge in [-0.25, -0.2) is 0 Å². The van der Waals surface area contributed by atoms with E-state index in [1.165, 1.54) is 12.8 Å². The van der Waals surface area contributed by atoms with Gasteiger partial charge in [0.25, 0.3) is 0 Å². The summed E-state index contributed by atoms with van der Waals surface area (Å²) in [6, 6.07) is 7.96. The standard InChI is InChI=1S/C16H25N3O/c1-12(19-8-3-4-9-19)11-18-16(20)13(2)14-6-5-7-15(17)10-14/h5-7,10,12-13H,3-4,8-9,11,17H2,1-2H3,(H,18,20). The molecule has 1 aromatic rings. The van der Waals surface area contributed by atoms with E-state index in [4.69, 9.17) is 5.73 Å². The maximum Gasteiger partial charge on any atom is 0.227 e. The van der Waals surface area contributed by atoms with Crippen LogP contribution >= 0.6 is 0 Å². The molecule has 1 saturated heterocycles. The van der Waals surface area contributed by atoms with Crippen molar-refractivity contribution in [2.75, 3.05) is 25.4 Å². The molecule has 20 heavy (non-hydrogen) atoms. The van der Waals surface area contributed by atoms with Gasteiger partial charge in [-0.05, 0) is 57.5 Å². The fraction of sp³-hybridized carbons (Fsp3) is 0.562. The number of nitrogens with two attached hydrogens (primary N) is 1. The molecule has 2 rings (SSSR count). The van der Waals surface area contributed by atoms with E-state index in [1.807, 2.05) is 31.2 Å². The fourth-order valence-electron chi connectivity index (χ4n) is 2.69. The average Bonchev–Trinajstić information content (AvgIpc) is 2.97. The topological polar surface area (TPSA) is 58.4 Å². The van der Waals surface area contributed by atoms with Gasteiger partial charge in [0.05, 0.1) is 5.92 Å². The minimum absolute atomic E-state index is 0.0710. The lowest BCUT2D eigenvalue weighted by molar-refractivity contribution is -0.122. The Morgan fingerprint density at radius 2 is 2.05 bits per heavy atom. The zero-order chi connectivity index (χ0) is 14.5. The maximum atomic E-state index is 12.2. The number of nitrogens with zero attached hydrogens (tertiary/aromatic N) is 1. The number of carbonyl (C=O) groups excluding carboxylic acids is 1. The SMILES string of the molecule is CC(C(=O)NCC(C)N1CCCC1)c1cccc(N)c1. The summed E-state index contributed by atoms with van der Waals surface area (Å²) >= 11 is 0. The van der Waals surface area contributed by atoms with E-state index >= 15 is 0 Å². The van der Waals surface area contributed by atoms with Crippen LogP contribution < -0.4 is 11.1 Å². The van der Waals surface area contributed by atoms with Gasteiger partial charge in [-0.15, -0.1) is 0 Å². The minimum atomic E-state index is -0.163. The molecule has 110 valence electrons. The molecule has 1 aliphatic rings. The lowest BCUT2D eigenvalue weighted by atomic mass is 10.00. The highest BCUT2D eigenvalue weighted by Gasteiger charge is 2.20. The van der Waals surface area contributed by atoms with Crippen LogP contribution in [0.1, 0.15) is 38.2 Å². The van der Waals surface area contributed by atoms with Gasteiger partial charge in [0.15, 0.2) is 0 Å². The van der Waals surface area contributed by atoms with Crippen molar-refractivity contribution in [1.29, 1.82) is 0 Å². The number of benzene rings is 1. The largest absolute Gasteiger partial charge is 0.399 e. The van der Waals surface area contributed by atoms with Crippen LogP contribution in [0.3, 0.4) is 0 Å². The summed E-state index contributed by atoms with van der Waals surface area (Å²) < 4.78 is 0. The summed E-state index contributed by atoms with van der Waals surface area (Å²) in [6.07, 6.45) is 2.55. The molecule has 0 aromatic heterocycles. The number of rotatable bonds is 5. The molecule has 2 atom stereocenters. The van der Waals surface area contributed by atoms with Gasteiger partial charge in [0.1, 0.15) is 0 Å². The highest BCUT2D eigenvalue weighted by molar-refractivity contribution is 5.83. The van der Waals surface area contributed by atoms with E-state index in [9.17, 15) is 4.79 Å². The van der Waals surface area contributed by atoms with Gasteiger partial charge in [-0.3, -0.25) is 9.69 Å². The second kappa shape index (κ2) is 6.75. The number of amides is 1. The molecule has 2 unspecified atom stereocenters. The van der Waals surface area contributed by atoms with Crippen LogP contribution in [0.4, 0.5) is 5.69 Å². The first kappa shape index (κ1) is 14.9. The maximum absolute atomic E-state index is 12.2. The van der Waals surface area contributed by atoms with Gasteiger partial charge in [0.2, 0.25) is 5.91 Å². The molecule has 0 bridgehead atoms. The number of anilines is 1. The molecular formula is C16H25N3O. The van der Waals surface area contributed by atoms with Crippen molar-refractivity contribution in [3.63, 3.8) is 0 Å². The first-order valence-corrected chi connectivity index (χ1v) is 7.45. The molecule has 3 N–H and O–H groups in total. The number of hydrogen-bond donors (Lipinski definition) is 2. The lowest BCUT2D eigenvalue weighted by Gasteiger charge is -2.24. The second-order valence-corrected chi connectivity index (χ2v) is 5.73. The Bertz CT molecular complexity index is 455. The number of hydrogen-bond acceptors (Lipinski definition) is 3. The van der Waals surface area contributed by atoms with Crippen LogP contribution in [0.2, 0.25) is 0 Å². The predicted octanol–water partition coefficient (Wildman–Crippen LogP) is 1.97. The molecule has 0 spiro atoms. The fourth-order valence-corrected chi connectivity index (χ4v) is 2.69. The zero-order valence-corrected chi connectivity index (χ0v) is 12.4. The number of carbonyl (C=O) groups is 1. The molecule has 1 heterocycles. The second-order valence-electron chi connectivity index (χ2n) is 5.73. The summed E-state index contributed by atoms with van der Waals surface area (Å²) in [5, 5.41) is 3.06.